The van der Waals surface area contributed by atoms with Crippen LogP contribution in [0.3, 0.4) is 0 Å². The number of halogens is 1. The van der Waals surface area contributed by atoms with Crippen molar-refractivity contribution in [1.29, 1.82) is 0 Å². The van der Waals surface area contributed by atoms with Gasteiger partial charge >= 0.3 is 11.9 Å². The zero-order valence-electron chi connectivity index (χ0n) is 22.7. The van der Waals surface area contributed by atoms with Crippen LogP contribution in [-0.2, 0) is 20.9 Å². The van der Waals surface area contributed by atoms with Crippen LogP contribution in [0.1, 0.15) is 40.1 Å². The number of ether oxygens (including phenoxy) is 2. The van der Waals surface area contributed by atoms with Gasteiger partial charge in [-0.05, 0) is 77.5 Å². The summed E-state index contributed by atoms with van der Waals surface area (Å²) >= 11 is 1.05. The molecule has 1 unspecified atom stereocenters. The number of aliphatic imine (C=N–C) groups is 1. The number of carbonyl (C=O) groups is 3. The molecule has 0 aromatic heterocycles. The van der Waals surface area contributed by atoms with E-state index in [0.29, 0.717) is 28.4 Å². The van der Waals surface area contributed by atoms with Gasteiger partial charge in [0.2, 0.25) is 0 Å². The predicted octanol–water partition coefficient (Wildman–Crippen LogP) is 5.94. The number of thioether (sulfide) groups is 1. The molecule has 4 aromatic carbocycles. The number of esters is 1. The van der Waals surface area contributed by atoms with E-state index in [0.717, 1.165) is 40.2 Å². The minimum atomic E-state index is -1.99. The molecule has 43 heavy (non-hydrogen) atoms. The number of nitrogens with zero attached hydrogens (tertiary/aromatic N) is 1. The molecule has 0 radical (unpaired) electrons. The fraction of sp³-hybridized carbons (Fsp3) is 0.125. The summed E-state index contributed by atoms with van der Waals surface area (Å²) in [6.45, 7) is 2.24. The van der Waals surface area contributed by atoms with E-state index in [1.54, 1.807) is 37.3 Å². The number of rotatable bonds is 9. The average Bonchev–Trinajstić information content (AvgIpc) is 3.33. The van der Waals surface area contributed by atoms with Crippen LogP contribution in [0.5, 0.6) is 5.75 Å². The summed E-state index contributed by atoms with van der Waals surface area (Å²) in [5, 5.41) is 23.5. The molecule has 3 N–H and O–H groups in total. The standard InChI is InChI=1S/C32H25FN2O7S/c1-2-41-31(40)19-9-7-18(8-10-19)17-42-26-14-21-6-4-3-5-20(21)13-22(26)15-27-29(37)35-32(43-27)34-23-11-12-24(25(33)16-23)28(36)30(38)39/h3-16,28,36H,2,17H2,1H3,(H,38,39)(H,34,35,37). The number of anilines is 1. The van der Waals surface area contributed by atoms with Crippen LogP contribution < -0.4 is 10.1 Å². The Morgan fingerprint density at radius 1 is 1.05 bits per heavy atom. The molecular formula is C32H25FN2O7S. The van der Waals surface area contributed by atoms with Gasteiger partial charge in [0.15, 0.2) is 11.3 Å². The maximum Gasteiger partial charge on any atom is 0.338 e. The van der Waals surface area contributed by atoms with E-state index in [4.69, 9.17) is 14.6 Å². The Hall–Kier alpha value is -5.00. The Labute approximate surface area is 249 Å². The molecule has 4 aromatic rings. The molecule has 1 atom stereocenters. The number of nitrogens with one attached hydrogen (secondary N) is 1. The van der Waals surface area contributed by atoms with E-state index in [-0.39, 0.29) is 23.0 Å². The number of benzene rings is 4. The Morgan fingerprint density at radius 2 is 1.77 bits per heavy atom. The van der Waals surface area contributed by atoms with Crippen LogP contribution in [0.4, 0.5) is 10.1 Å². The van der Waals surface area contributed by atoms with Gasteiger partial charge in [0.05, 0.1) is 17.1 Å². The molecule has 5 rings (SSSR count). The topological polar surface area (TPSA) is 135 Å². The summed E-state index contributed by atoms with van der Waals surface area (Å²) in [7, 11) is 0. The SMILES string of the molecule is CCOC(=O)c1ccc(COc2cc3ccccc3cc2C=C2SC(Nc3ccc(C(O)C(=O)O)c(F)c3)=NC2=O)cc1. The van der Waals surface area contributed by atoms with Crippen molar-refractivity contribution in [1.82, 2.24) is 0 Å². The number of aliphatic carboxylic acids is 1. The van der Waals surface area contributed by atoms with Crippen LogP contribution in [0.2, 0.25) is 0 Å². The fourth-order valence-electron chi connectivity index (χ4n) is 4.27. The van der Waals surface area contributed by atoms with E-state index in [1.165, 1.54) is 6.07 Å². The van der Waals surface area contributed by atoms with E-state index < -0.39 is 29.8 Å². The summed E-state index contributed by atoms with van der Waals surface area (Å²) in [5.74, 6) is -2.85. The molecule has 0 bridgehead atoms. The molecular weight excluding hydrogens is 575 g/mol. The van der Waals surface area contributed by atoms with E-state index in [1.807, 2.05) is 36.4 Å². The number of carboxylic acids is 1. The van der Waals surface area contributed by atoms with Crippen molar-refractivity contribution >= 4 is 57.3 Å². The largest absolute Gasteiger partial charge is 0.488 e. The third-order valence-electron chi connectivity index (χ3n) is 6.42. The number of carbonyl (C=O) groups excluding carboxylic acids is 2. The number of aliphatic hydroxyl groups excluding tert-OH is 1. The van der Waals surface area contributed by atoms with Gasteiger partial charge in [-0.1, -0.05) is 42.5 Å². The highest BCUT2D eigenvalue weighted by Crippen LogP contribution is 2.34. The number of carboxylic acid groups (broad SMARTS) is 1. The normalized spacial score (nSPS) is 14.4. The predicted molar refractivity (Wildman–Crippen MR) is 161 cm³/mol. The maximum atomic E-state index is 14.4. The number of hydrogen-bond acceptors (Lipinski definition) is 8. The van der Waals surface area contributed by atoms with Crippen molar-refractivity contribution in [3.63, 3.8) is 0 Å². The molecule has 11 heteroatoms. The van der Waals surface area contributed by atoms with Crippen molar-refractivity contribution in [3.05, 3.63) is 112 Å². The Bertz CT molecular complexity index is 1790. The molecule has 0 saturated heterocycles. The molecule has 1 aliphatic rings. The van der Waals surface area contributed by atoms with Gasteiger partial charge in [0, 0.05) is 16.8 Å². The third kappa shape index (κ3) is 6.91. The molecule has 0 spiro atoms. The van der Waals surface area contributed by atoms with Gasteiger partial charge in [0.25, 0.3) is 5.91 Å². The lowest BCUT2D eigenvalue weighted by Gasteiger charge is -2.12. The van der Waals surface area contributed by atoms with Gasteiger partial charge < -0.3 is 25.0 Å². The fourth-order valence-corrected chi connectivity index (χ4v) is 5.10. The second-order valence-corrected chi connectivity index (χ2v) is 10.4. The molecule has 1 heterocycles. The first-order valence-electron chi connectivity index (χ1n) is 13.1. The maximum absolute atomic E-state index is 14.4. The highest BCUT2D eigenvalue weighted by molar-refractivity contribution is 8.18. The van der Waals surface area contributed by atoms with Crippen molar-refractivity contribution in [2.45, 2.75) is 19.6 Å². The first-order chi connectivity index (χ1) is 20.7. The highest BCUT2D eigenvalue weighted by Gasteiger charge is 2.24. The second kappa shape index (κ2) is 12.9. The van der Waals surface area contributed by atoms with Crippen molar-refractivity contribution in [2.24, 2.45) is 4.99 Å². The minimum Gasteiger partial charge on any atom is -0.488 e. The smallest absolute Gasteiger partial charge is 0.338 e. The summed E-state index contributed by atoms with van der Waals surface area (Å²) < 4.78 is 25.6. The lowest BCUT2D eigenvalue weighted by Crippen LogP contribution is -2.13. The molecule has 9 nitrogen and oxygen atoms in total. The van der Waals surface area contributed by atoms with Crippen LogP contribution in [0.25, 0.3) is 16.8 Å². The average molecular weight is 601 g/mol. The number of fused-ring (bicyclic) bond motifs is 1. The monoisotopic (exact) mass is 600 g/mol. The summed E-state index contributed by atoms with van der Waals surface area (Å²) in [5.41, 5.74) is 1.76. The molecule has 218 valence electrons. The van der Waals surface area contributed by atoms with E-state index >= 15 is 0 Å². The van der Waals surface area contributed by atoms with Gasteiger partial charge in [-0.2, -0.15) is 4.99 Å². The van der Waals surface area contributed by atoms with Gasteiger partial charge in [-0.25, -0.2) is 14.0 Å². The first kappa shape index (κ1) is 29.5. The quantitative estimate of drug-likeness (QED) is 0.158. The summed E-state index contributed by atoms with van der Waals surface area (Å²) in [4.78, 5) is 40.0. The first-order valence-corrected chi connectivity index (χ1v) is 13.9. The second-order valence-electron chi connectivity index (χ2n) is 9.38. The number of amides is 1. The number of aliphatic hydroxyl groups is 1. The molecule has 0 saturated carbocycles. The van der Waals surface area contributed by atoms with Crippen molar-refractivity contribution in [3.8, 4) is 5.75 Å². The zero-order valence-corrected chi connectivity index (χ0v) is 23.6. The van der Waals surface area contributed by atoms with Gasteiger partial charge in [-0.3, -0.25) is 4.79 Å². The van der Waals surface area contributed by atoms with Crippen LogP contribution in [0.15, 0.2) is 88.8 Å². The lowest BCUT2D eigenvalue weighted by atomic mass is 10.1. The Kier molecular flexibility index (Phi) is 8.84. The summed E-state index contributed by atoms with van der Waals surface area (Å²) in [6.07, 6.45) is -0.324. The van der Waals surface area contributed by atoms with Crippen molar-refractivity contribution in [2.75, 3.05) is 11.9 Å². The van der Waals surface area contributed by atoms with Crippen LogP contribution >= 0.6 is 11.8 Å². The lowest BCUT2D eigenvalue weighted by molar-refractivity contribution is -0.147. The van der Waals surface area contributed by atoms with Crippen LogP contribution in [-0.4, -0.2) is 39.8 Å². The molecule has 1 amide bonds. The molecule has 0 aliphatic carbocycles. The van der Waals surface area contributed by atoms with Crippen LogP contribution in [0, 0.1) is 5.82 Å². The summed E-state index contributed by atoms with van der Waals surface area (Å²) in [6, 6.07) is 22.0. The Morgan fingerprint density at radius 3 is 2.44 bits per heavy atom. The zero-order chi connectivity index (χ0) is 30.5. The number of hydrogen-bond donors (Lipinski definition) is 3. The van der Waals surface area contributed by atoms with E-state index in [9.17, 15) is 23.9 Å². The minimum absolute atomic E-state index is 0.201. The van der Waals surface area contributed by atoms with Gasteiger partial charge in [-0.15, -0.1) is 0 Å². The van der Waals surface area contributed by atoms with E-state index in [2.05, 4.69) is 10.3 Å². The third-order valence-corrected chi connectivity index (χ3v) is 7.32. The highest BCUT2D eigenvalue weighted by atomic mass is 32.2. The molecule has 1 aliphatic heterocycles. The van der Waals surface area contributed by atoms with Crippen molar-refractivity contribution < 1.29 is 38.5 Å². The van der Waals surface area contributed by atoms with Gasteiger partial charge in [0.1, 0.15) is 18.2 Å². The molecule has 0 fully saturated rings. The Balaban J connectivity index is 1.34. The number of amidine groups is 1.